The Hall–Kier alpha value is -2.43. The van der Waals surface area contributed by atoms with Crippen molar-refractivity contribution in [3.63, 3.8) is 0 Å². The van der Waals surface area contributed by atoms with Crippen LogP contribution in [0.1, 0.15) is 30.6 Å². The number of benzene rings is 1. The number of hydrogen-bond acceptors (Lipinski definition) is 5. The van der Waals surface area contributed by atoms with Crippen molar-refractivity contribution in [3.05, 3.63) is 42.2 Å². The molecule has 1 aromatic carbocycles. The van der Waals surface area contributed by atoms with Crippen molar-refractivity contribution in [2.45, 2.75) is 20.3 Å². The maximum atomic E-state index is 11.4. The number of nitrogens with one attached hydrogen (secondary N) is 2. The molecule has 0 amide bonds. The van der Waals surface area contributed by atoms with Crippen LogP contribution in [-0.2, 0) is 0 Å². The lowest BCUT2D eigenvalue weighted by atomic mass is 10.1. The maximum Gasteiger partial charge on any atom is 0.159 e. The lowest BCUT2D eigenvalue weighted by molar-refractivity contribution is 0.101. The standard InChI is InChI=1S/C15H18N4O/c1-3-7-16-14-9-15(18-10-17-14)19-13-6-4-5-12(8-13)11(2)20/h4-6,8-10H,3,7H2,1-2H3,(H2,16,17,18,19). The van der Waals surface area contributed by atoms with E-state index in [2.05, 4.69) is 27.5 Å². The molecule has 5 heteroatoms. The molecule has 1 heterocycles. The largest absolute Gasteiger partial charge is 0.370 e. The number of aromatic nitrogens is 2. The number of carbonyl (C=O) groups excluding carboxylic acids is 1. The van der Waals surface area contributed by atoms with Crippen LogP contribution in [0.15, 0.2) is 36.7 Å². The topological polar surface area (TPSA) is 66.9 Å². The van der Waals surface area contributed by atoms with Crippen molar-refractivity contribution in [2.24, 2.45) is 0 Å². The maximum absolute atomic E-state index is 11.4. The molecule has 0 fully saturated rings. The van der Waals surface area contributed by atoms with E-state index in [1.165, 1.54) is 6.33 Å². The summed E-state index contributed by atoms with van der Waals surface area (Å²) in [5, 5.41) is 6.38. The van der Waals surface area contributed by atoms with Gasteiger partial charge >= 0.3 is 0 Å². The van der Waals surface area contributed by atoms with Crippen LogP contribution in [0.25, 0.3) is 0 Å². The minimum atomic E-state index is 0.0432. The second-order valence-electron chi connectivity index (χ2n) is 4.48. The van der Waals surface area contributed by atoms with Gasteiger partial charge < -0.3 is 10.6 Å². The van der Waals surface area contributed by atoms with Crippen molar-refractivity contribution in [1.82, 2.24) is 9.97 Å². The Balaban J connectivity index is 2.13. The van der Waals surface area contributed by atoms with Crippen LogP contribution in [0.5, 0.6) is 0 Å². The zero-order valence-corrected chi connectivity index (χ0v) is 11.7. The van der Waals surface area contributed by atoms with Gasteiger partial charge in [0.15, 0.2) is 5.78 Å². The Bertz CT molecular complexity index is 598. The summed E-state index contributed by atoms with van der Waals surface area (Å²) in [4.78, 5) is 19.7. The SMILES string of the molecule is CCCNc1cc(Nc2cccc(C(C)=O)c2)ncn1. The number of hydrogen-bond donors (Lipinski definition) is 2. The summed E-state index contributed by atoms with van der Waals surface area (Å²) < 4.78 is 0. The Morgan fingerprint density at radius 3 is 2.75 bits per heavy atom. The van der Waals surface area contributed by atoms with Gasteiger partial charge in [-0.25, -0.2) is 9.97 Å². The minimum absolute atomic E-state index is 0.0432. The first-order chi connectivity index (χ1) is 9.69. The predicted molar refractivity (Wildman–Crippen MR) is 80.5 cm³/mol. The molecule has 20 heavy (non-hydrogen) atoms. The highest BCUT2D eigenvalue weighted by molar-refractivity contribution is 5.95. The van der Waals surface area contributed by atoms with Gasteiger partial charge in [0.25, 0.3) is 0 Å². The molecule has 0 saturated heterocycles. The first kappa shape index (κ1) is 14.0. The smallest absolute Gasteiger partial charge is 0.159 e. The van der Waals surface area contributed by atoms with E-state index in [9.17, 15) is 4.79 Å². The molecule has 0 radical (unpaired) electrons. The van der Waals surface area contributed by atoms with Crippen LogP contribution in [-0.4, -0.2) is 22.3 Å². The molecular weight excluding hydrogens is 252 g/mol. The number of Topliss-reactive ketones (excluding diaryl/α,β-unsaturated/α-hetero) is 1. The van der Waals surface area contributed by atoms with Crippen molar-refractivity contribution >= 4 is 23.1 Å². The molecular formula is C15H18N4O. The van der Waals surface area contributed by atoms with Crippen LogP contribution in [0.4, 0.5) is 17.3 Å². The van der Waals surface area contributed by atoms with Gasteiger partial charge in [0.1, 0.15) is 18.0 Å². The first-order valence-corrected chi connectivity index (χ1v) is 6.63. The number of rotatable bonds is 6. The van der Waals surface area contributed by atoms with Gasteiger partial charge in [-0.15, -0.1) is 0 Å². The van der Waals surface area contributed by atoms with Crippen LogP contribution in [0.3, 0.4) is 0 Å². The van der Waals surface area contributed by atoms with Gasteiger partial charge in [-0.05, 0) is 25.5 Å². The number of carbonyl (C=O) groups is 1. The second kappa shape index (κ2) is 6.65. The summed E-state index contributed by atoms with van der Waals surface area (Å²) in [6.07, 6.45) is 2.54. The van der Waals surface area contributed by atoms with Crippen LogP contribution < -0.4 is 10.6 Å². The third-order valence-corrected chi connectivity index (χ3v) is 2.76. The molecule has 0 unspecified atom stereocenters. The zero-order chi connectivity index (χ0) is 14.4. The molecule has 0 atom stereocenters. The lowest BCUT2D eigenvalue weighted by Gasteiger charge is -2.08. The fourth-order valence-corrected chi connectivity index (χ4v) is 1.74. The van der Waals surface area contributed by atoms with E-state index in [0.717, 1.165) is 24.5 Å². The molecule has 0 saturated carbocycles. The number of nitrogens with zero attached hydrogens (tertiary/aromatic N) is 2. The summed E-state index contributed by atoms with van der Waals surface area (Å²) in [6.45, 7) is 4.52. The zero-order valence-electron chi connectivity index (χ0n) is 11.7. The van der Waals surface area contributed by atoms with E-state index >= 15 is 0 Å². The Morgan fingerprint density at radius 1 is 1.20 bits per heavy atom. The van der Waals surface area contributed by atoms with Crippen LogP contribution in [0.2, 0.25) is 0 Å². The third kappa shape index (κ3) is 3.78. The predicted octanol–water partition coefficient (Wildman–Crippen LogP) is 3.24. The second-order valence-corrected chi connectivity index (χ2v) is 4.48. The fourth-order valence-electron chi connectivity index (χ4n) is 1.74. The van der Waals surface area contributed by atoms with Gasteiger partial charge in [0.2, 0.25) is 0 Å². The quantitative estimate of drug-likeness (QED) is 0.789. The van der Waals surface area contributed by atoms with Crippen molar-refractivity contribution in [2.75, 3.05) is 17.2 Å². The Kier molecular flexibility index (Phi) is 4.65. The molecule has 2 N–H and O–H groups in total. The van der Waals surface area contributed by atoms with Crippen molar-refractivity contribution in [1.29, 1.82) is 0 Å². The summed E-state index contributed by atoms with van der Waals surface area (Å²) >= 11 is 0. The first-order valence-electron chi connectivity index (χ1n) is 6.63. The number of ketones is 1. The molecule has 2 aromatic rings. The molecule has 2 rings (SSSR count). The molecule has 104 valence electrons. The van der Waals surface area contributed by atoms with E-state index in [1.807, 2.05) is 24.3 Å². The van der Waals surface area contributed by atoms with E-state index in [0.29, 0.717) is 11.4 Å². The highest BCUT2D eigenvalue weighted by atomic mass is 16.1. The monoisotopic (exact) mass is 270 g/mol. The molecule has 0 aliphatic carbocycles. The average molecular weight is 270 g/mol. The Morgan fingerprint density at radius 2 is 2.00 bits per heavy atom. The summed E-state index contributed by atoms with van der Waals surface area (Å²) in [5.74, 6) is 1.52. The summed E-state index contributed by atoms with van der Waals surface area (Å²) in [5.41, 5.74) is 1.51. The normalized spacial score (nSPS) is 10.1. The molecule has 0 bridgehead atoms. The summed E-state index contributed by atoms with van der Waals surface area (Å²) in [7, 11) is 0. The van der Waals surface area contributed by atoms with Gasteiger partial charge in [-0.2, -0.15) is 0 Å². The highest BCUT2D eigenvalue weighted by Crippen LogP contribution is 2.17. The Labute approximate surface area is 118 Å². The molecule has 1 aromatic heterocycles. The average Bonchev–Trinajstić information content (AvgIpc) is 2.46. The van der Waals surface area contributed by atoms with Gasteiger partial charge in [0.05, 0.1) is 0 Å². The van der Waals surface area contributed by atoms with E-state index in [4.69, 9.17) is 0 Å². The third-order valence-electron chi connectivity index (χ3n) is 2.76. The van der Waals surface area contributed by atoms with E-state index in [1.54, 1.807) is 13.0 Å². The van der Waals surface area contributed by atoms with Gasteiger partial charge in [-0.3, -0.25) is 4.79 Å². The van der Waals surface area contributed by atoms with Gasteiger partial charge in [-0.1, -0.05) is 19.1 Å². The molecule has 0 spiro atoms. The molecule has 0 aliphatic rings. The molecule has 0 aliphatic heterocycles. The highest BCUT2D eigenvalue weighted by Gasteiger charge is 2.02. The van der Waals surface area contributed by atoms with E-state index in [-0.39, 0.29) is 5.78 Å². The minimum Gasteiger partial charge on any atom is -0.370 e. The van der Waals surface area contributed by atoms with Crippen molar-refractivity contribution < 1.29 is 4.79 Å². The fraction of sp³-hybridized carbons (Fsp3) is 0.267. The lowest BCUT2D eigenvalue weighted by Crippen LogP contribution is -2.03. The van der Waals surface area contributed by atoms with Gasteiger partial charge in [0, 0.05) is 23.9 Å². The summed E-state index contributed by atoms with van der Waals surface area (Å²) in [6, 6.07) is 9.19. The van der Waals surface area contributed by atoms with E-state index < -0.39 is 0 Å². The number of anilines is 3. The van der Waals surface area contributed by atoms with Crippen molar-refractivity contribution in [3.8, 4) is 0 Å². The van der Waals surface area contributed by atoms with Crippen LogP contribution >= 0.6 is 0 Å². The van der Waals surface area contributed by atoms with Crippen LogP contribution in [0, 0.1) is 0 Å². The molecule has 5 nitrogen and oxygen atoms in total.